The summed E-state index contributed by atoms with van der Waals surface area (Å²) in [4.78, 5) is 12.1. The van der Waals surface area contributed by atoms with Gasteiger partial charge in [-0.2, -0.15) is 0 Å². The van der Waals surface area contributed by atoms with Crippen molar-refractivity contribution < 1.29 is 9.53 Å². The number of amides is 1. The number of methoxy groups -OCH3 is 1. The van der Waals surface area contributed by atoms with Gasteiger partial charge in [-0.3, -0.25) is 4.79 Å². The first-order valence-electron chi connectivity index (χ1n) is 6.38. The van der Waals surface area contributed by atoms with E-state index in [0.29, 0.717) is 12.1 Å². The summed E-state index contributed by atoms with van der Waals surface area (Å²) >= 11 is 3.45. The van der Waals surface area contributed by atoms with Gasteiger partial charge in [0.15, 0.2) is 0 Å². The van der Waals surface area contributed by atoms with E-state index in [9.17, 15) is 4.79 Å². The number of carbonyl (C=O) groups is 1. The molecule has 4 heteroatoms. The Hall–Kier alpha value is -1.81. The highest BCUT2D eigenvalue weighted by molar-refractivity contribution is 9.10. The Bertz CT molecular complexity index is 626. The SMILES string of the molecule is CCNC(=O)c1ccc(Br)cc1-c1cccc(OC)c1. The summed E-state index contributed by atoms with van der Waals surface area (Å²) in [5.41, 5.74) is 2.49. The number of benzene rings is 2. The maximum atomic E-state index is 12.1. The Morgan fingerprint density at radius 3 is 2.75 bits per heavy atom. The van der Waals surface area contributed by atoms with Crippen LogP contribution in [0.5, 0.6) is 5.75 Å². The summed E-state index contributed by atoms with van der Waals surface area (Å²) in [5.74, 6) is 0.696. The molecule has 0 bridgehead atoms. The van der Waals surface area contributed by atoms with Gasteiger partial charge in [0.1, 0.15) is 5.75 Å². The fourth-order valence-corrected chi connectivity index (χ4v) is 2.36. The van der Waals surface area contributed by atoms with Crippen LogP contribution in [-0.2, 0) is 0 Å². The zero-order valence-electron chi connectivity index (χ0n) is 11.4. The number of halogens is 1. The third kappa shape index (κ3) is 3.20. The van der Waals surface area contributed by atoms with E-state index in [1.807, 2.05) is 49.4 Å². The van der Waals surface area contributed by atoms with Crippen molar-refractivity contribution in [1.82, 2.24) is 5.32 Å². The van der Waals surface area contributed by atoms with E-state index in [4.69, 9.17) is 4.74 Å². The Balaban J connectivity index is 2.53. The van der Waals surface area contributed by atoms with Gasteiger partial charge < -0.3 is 10.1 Å². The van der Waals surface area contributed by atoms with Crippen molar-refractivity contribution in [2.45, 2.75) is 6.92 Å². The molecule has 0 unspecified atom stereocenters. The number of hydrogen-bond acceptors (Lipinski definition) is 2. The molecule has 0 fully saturated rings. The molecule has 0 saturated carbocycles. The maximum Gasteiger partial charge on any atom is 0.251 e. The molecule has 0 atom stereocenters. The van der Waals surface area contributed by atoms with E-state index in [1.54, 1.807) is 7.11 Å². The van der Waals surface area contributed by atoms with Crippen molar-refractivity contribution in [3.8, 4) is 16.9 Å². The minimum atomic E-state index is -0.0715. The fraction of sp³-hybridized carbons (Fsp3) is 0.188. The van der Waals surface area contributed by atoms with Crippen LogP contribution in [0.3, 0.4) is 0 Å². The van der Waals surface area contributed by atoms with Gasteiger partial charge in [-0.1, -0.05) is 28.1 Å². The maximum absolute atomic E-state index is 12.1. The van der Waals surface area contributed by atoms with Crippen molar-refractivity contribution in [1.29, 1.82) is 0 Å². The number of hydrogen-bond donors (Lipinski definition) is 1. The van der Waals surface area contributed by atoms with Crippen molar-refractivity contribution in [2.75, 3.05) is 13.7 Å². The summed E-state index contributed by atoms with van der Waals surface area (Å²) < 4.78 is 6.18. The summed E-state index contributed by atoms with van der Waals surface area (Å²) in [7, 11) is 1.63. The molecule has 0 heterocycles. The number of nitrogens with one attached hydrogen (secondary N) is 1. The summed E-state index contributed by atoms with van der Waals surface area (Å²) in [6.07, 6.45) is 0. The average Bonchev–Trinajstić information content (AvgIpc) is 2.47. The zero-order chi connectivity index (χ0) is 14.5. The molecular weight excluding hydrogens is 318 g/mol. The molecule has 2 rings (SSSR count). The zero-order valence-corrected chi connectivity index (χ0v) is 13.0. The van der Waals surface area contributed by atoms with Gasteiger partial charge in [0.05, 0.1) is 7.11 Å². The Kier molecular flexibility index (Phi) is 4.79. The first-order chi connectivity index (χ1) is 9.65. The molecular formula is C16H16BrNO2. The topological polar surface area (TPSA) is 38.3 Å². The molecule has 3 nitrogen and oxygen atoms in total. The van der Waals surface area contributed by atoms with Crippen LogP contribution in [-0.4, -0.2) is 19.6 Å². The molecule has 0 radical (unpaired) electrons. The molecule has 0 aliphatic heterocycles. The van der Waals surface area contributed by atoms with Crippen LogP contribution in [0.15, 0.2) is 46.9 Å². The van der Waals surface area contributed by atoms with E-state index < -0.39 is 0 Å². The lowest BCUT2D eigenvalue weighted by molar-refractivity contribution is 0.0956. The lowest BCUT2D eigenvalue weighted by atomic mass is 9.99. The predicted octanol–water partition coefficient (Wildman–Crippen LogP) is 3.87. The number of carbonyl (C=O) groups excluding carboxylic acids is 1. The molecule has 1 N–H and O–H groups in total. The Morgan fingerprint density at radius 1 is 1.25 bits per heavy atom. The number of rotatable bonds is 4. The highest BCUT2D eigenvalue weighted by Gasteiger charge is 2.13. The molecule has 20 heavy (non-hydrogen) atoms. The number of ether oxygens (including phenoxy) is 1. The second kappa shape index (κ2) is 6.57. The van der Waals surface area contributed by atoms with Gasteiger partial charge in [-0.15, -0.1) is 0 Å². The lowest BCUT2D eigenvalue weighted by Gasteiger charge is -2.11. The third-order valence-electron chi connectivity index (χ3n) is 2.94. The second-order valence-corrected chi connectivity index (χ2v) is 5.20. The largest absolute Gasteiger partial charge is 0.497 e. The molecule has 0 aliphatic rings. The van der Waals surface area contributed by atoms with E-state index in [0.717, 1.165) is 21.3 Å². The van der Waals surface area contributed by atoms with E-state index >= 15 is 0 Å². The van der Waals surface area contributed by atoms with Crippen molar-refractivity contribution in [3.05, 3.63) is 52.5 Å². The van der Waals surface area contributed by atoms with Crippen LogP contribution in [0.4, 0.5) is 0 Å². The van der Waals surface area contributed by atoms with Gasteiger partial charge >= 0.3 is 0 Å². The third-order valence-corrected chi connectivity index (χ3v) is 3.44. The van der Waals surface area contributed by atoms with Gasteiger partial charge in [-0.25, -0.2) is 0 Å². The average molecular weight is 334 g/mol. The predicted molar refractivity (Wildman–Crippen MR) is 84.1 cm³/mol. The molecule has 2 aromatic rings. The summed E-state index contributed by atoms with van der Waals surface area (Å²) in [6.45, 7) is 2.51. The lowest BCUT2D eigenvalue weighted by Crippen LogP contribution is -2.23. The van der Waals surface area contributed by atoms with Crippen molar-refractivity contribution in [3.63, 3.8) is 0 Å². The Labute approximate surface area is 127 Å². The fourth-order valence-electron chi connectivity index (χ4n) is 2.00. The Morgan fingerprint density at radius 2 is 2.05 bits per heavy atom. The molecule has 104 valence electrons. The van der Waals surface area contributed by atoms with Crippen LogP contribution < -0.4 is 10.1 Å². The molecule has 0 saturated heterocycles. The first kappa shape index (κ1) is 14.6. The van der Waals surface area contributed by atoms with Crippen molar-refractivity contribution >= 4 is 21.8 Å². The van der Waals surface area contributed by atoms with E-state index in [-0.39, 0.29) is 5.91 Å². The monoisotopic (exact) mass is 333 g/mol. The molecule has 0 aromatic heterocycles. The van der Waals surface area contributed by atoms with Crippen molar-refractivity contribution in [2.24, 2.45) is 0 Å². The first-order valence-corrected chi connectivity index (χ1v) is 7.17. The molecule has 0 spiro atoms. The van der Waals surface area contributed by atoms with Gasteiger partial charge in [0.2, 0.25) is 0 Å². The highest BCUT2D eigenvalue weighted by atomic mass is 79.9. The minimum Gasteiger partial charge on any atom is -0.497 e. The quantitative estimate of drug-likeness (QED) is 0.922. The van der Waals surface area contributed by atoms with Crippen LogP contribution in [0.1, 0.15) is 17.3 Å². The van der Waals surface area contributed by atoms with Gasteiger partial charge in [0.25, 0.3) is 5.91 Å². The van der Waals surface area contributed by atoms with E-state index in [2.05, 4.69) is 21.2 Å². The van der Waals surface area contributed by atoms with E-state index in [1.165, 1.54) is 0 Å². The molecule has 1 amide bonds. The smallest absolute Gasteiger partial charge is 0.251 e. The summed E-state index contributed by atoms with van der Waals surface area (Å²) in [5, 5.41) is 2.83. The van der Waals surface area contributed by atoms with Crippen LogP contribution >= 0.6 is 15.9 Å². The molecule has 0 aliphatic carbocycles. The molecule has 2 aromatic carbocycles. The van der Waals surface area contributed by atoms with Gasteiger partial charge in [0, 0.05) is 16.6 Å². The van der Waals surface area contributed by atoms with Crippen LogP contribution in [0, 0.1) is 0 Å². The van der Waals surface area contributed by atoms with Gasteiger partial charge in [-0.05, 0) is 48.4 Å². The highest BCUT2D eigenvalue weighted by Crippen LogP contribution is 2.29. The van der Waals surface area contributed by atoms with Crippen LogP contribution in [0.2, 0.25) is 0 Å². The summed E-state index contributed by atoms with van der Waals surface area (Å²) in [6, 6.07) is 13.3. The normalized spacial score (nSPS) is 10.2. The van der Waals surface area contributed by atoms with Crippen LogP contribution in [0.25, 0.3) is 11.1 Å². The second-order valence-electron chi connectivity index (χ2n) is 4.28. The minimum absolute atomic E-state index is 0.0715. The standard InChI is InChI=1S/C16H16BrNO2/c1-3-18-16(19)14-8-7-12(17)10-15(14)11-5-4-6-13(9-11)20-2/h4-10H,3H2,1-2H3,(H,18,19).